The van der Waals surface area contributed by atoms with Gasteiger partial charge in [0, 0.05) is 13.1 Å². The van der Waals surface area contributed by atoms with Crippen molar-refractivity contribution in [2.75, 3.05) is 13.1 Å². The highest BCUT2D eigenvalue weighted by atomic mass is 19.1. The van der Waals surface area contributed by atoms with Crippen LogP contribution in [0.1, 0.15) is 50.2 Å². The molecule has 2 unspecified atom stereocenters. The molecule has 0 amide bonds. The lowest BCUT2D eigenvalue weighted by Gasteiger charge is -2.37. The molecule has 29 heavy (non-hydrogen) atoms. The van der Waals surface area contributed by atoms with E-state index in [4.69, 9.17) is 0 Å². The third-order valence-corrected chi connectivity index (χ3v) is 5.95. The summed E-state index contributed by atoms with van der Waals surface area (Å²) < 4.78 is 26.8. The minimum atomic E-state index is -1.40. The summed E-state index contributed by atoms with van der Waals surface area (Å²) in [5.74, 6) is -1.01. The van der Waals surface area contributed by atoms with Gasteiger partial charge in [0.15, 0.2) is 0 Å². The molecule has 2 aromatic carbocycles. The van der Waals surface area contributed by atoms with Crippen molar-refractivity contribution in [3.63, 3.8) is 0 Å². The first-order chi connectivity index (χ1) is 13.4. The van der Waals surface area contributed by atoms with Gasteiger partial charge in [0.25, 0.3) is 0 Å². The fraction of sp³-hybridized carbons (Fsp3) is 0.478. The summed E-state index contributed by atoms with van der Waals surface area (Å²) in [6.45, 7) is 3.71. The lowest BCUT2D eigenvalue weighted by Crippen LogP contribution is -2.40. The van der Waals surface area contributed by atoms with E-state index in [2.05, 4.69) is 4.90 Å². The van der Waals surface area contributed by atoms with Gasteiger partial charge in [-0.15, -0.1) is 0 Å². The third-order valence-electron chi connectivity index (χ3n) is 5.95. The van der Waals surface area contributed by atoms with Crippen molar-refractivity contribution in [3.8, 4) is 0 Å². The minimum absolute atomic E-state index is 0. The zero-order chi connectivity index (χ0) is 20.1. The van der Waals surface area contributed by atoms with Crippen molar-refractivity contribution >= 4 is 0 Å². The Balaban J connectivity index is 0.00000300. The average Bonchev–Trinajstić information content (AvgIpc) is 2.72. The van der Waals surface area contributed by atoms with E-state index in [1.807, 2.05) is 6.92 Å². The van der Waals surface area contributed by atoms with Crippen LogP contribution in [0, 0.1) is 17.6 Å². The molecule has 0 saturated carbocycles. The largest absolute Gasteiger partial charge is 0.412 e. The first-order valence-electron chi connectivity index (χ1n) is 10.1. The van der Waals surface area contributed by atoms with Gasteiger partial charge in [-0.25, -0.2) is 8.78 Å². The van der Waals surface area contributed by atoms with Gasteiger partial charge in [0.1, 0.15) is 23.5 Å². The SMILES string of the molecule is CC(CCC(O)N1CCCCC1)C(O)(c1ccc(F)cc1)c1ccc(F)cc1.O. The topological polar surface area (TPSA) is 75.2 Å². The van der Waals surface area contributed by atoms with Crippen LogP contribution in [0.2, 0.25) is 0 Å². The Bertz CT molecular complexity index is 700. The number of benzene rings is 2. The monoisotopic (exact) mass is 407 g/mol. The number of hydrogen-bond acceptors (Lipinski definition) is 3. The van der Waals surface area contributed by atoms with E-state index >= 15 is 0 Å². The molecule has 1 fully saturated rings. The number of nitrogens with zero attached hydrogens (tertiary/aromatic N) is 1. The first-order valence-corrected chi connectivity index (χ1v) is 10.1. The van der Waals surface area contributed by atoms with Crippen LogP contribution in [-0.4, -0.2) is 39.9 Å². The van der Waals surface area contributed by atoms with Gasteiger partial charge >= 0.3 is 0 Å². The fourth-order valence-electron chi connectivity index (χ4n) is 4.15. The Morgan fingerprint density at radius 2 is 1.31 bits per heavy atom. The number of aliphatic hydroxyl groups excluding tert-OH is 1. The molecule has 0 aromatic heterocycles. The van der Waals surface area contributed by atoms with E-state index in [0.29, 0.717) is 24.0 Å². The molecule has 0 aliphatic carbocycles. The summed E-state index contributed by atoms with van der Waals surface area (Å²) in [4.78, 5) is 2.09. The lowest BCUT2D eigenvalue weighted by atomic mass is 9.75. The highest BCUT2D eigenvalue weighted by molar-refractivity contribution is 5.37. The van der Waals surface area contributed by atoms with Crippen molar-refractivity contribution in [2.45, 2.75) is 50.9 Å². The number of likely N-dealkylation sites (tertiary alicyclic amines) is 1. The van der Waals surface area contributed by atoms with Gasteiger partial charge in [0.05, 0.1) is 0 Å². The van der Waals surface area contributed by atoms with Crippen LogP contribution < -0.4 is 0 Å². The van der Waals surface area contributed by atoms with E-state index < -0.39 is 11.8 Å². The molecule has 0 bridgehead atoms. The number of halogens is 2. The van der Waals surface area contributed by atoms with Crippen LogP contribution in [0.5, 0.6) is 0 Å². The third kappa shape index (κ3) is 5.39. The molecular weight excluding hydrogens is 376 g/mol. The van der Waals surface area contributed by atoms with Crippen molar-refractivity contribution in [3.05, 3.63) is 71.3 Å². The first kappa shape index (κ1) is 23.4. The maximum atomic E-state index is 13.4. The van der Waals surface area contributed by atoms with E-state index in [-0.39, 0.29) is 23.0 Å². The maximum Gasteiger partial charge on any atom is 0.123 e. The molecular formula is C23H31F2NO3. The Morgan fingerprint density at radius 3 is 1.76 bits per heavy atom. The summed E-state index contributed by atoms with van der Waals surface area (Å²) >= 11 is 0. The van der Waals surface area contributed by atoms with Gasteiger partial charge in [0.2, 0.25) is 0 Å². The zero-order valence-corrected chi connectivity index (χ0v) is 16.8. The molecule has 6 heteroatoms. The molecule has 0 radical (unpaired) electrons. The van der Waals surface area contributed by atoms with E-state index in [1.54, 1.807) is 24.3 Å². The van der Waals surface area contributed by atoms with Gasteiger partial charge in [-0.2, -0.15) is 0 Å². The molecule has 2 aromatic rings. The van der Waals surface area contributed by atoms with Crippen molar-refractivity contribution < 1.29 is 24.5 Å². The predicted octanol–water partition coefficient (Wildman–Crippen LogP) is 3.60. The van der Waals surface area contributed by atoms with E-state index in [9.17, 15) is 19.0 Å². The predicted molar refractivity (Wildman–Crippen MR) is 109 cm³/mol. The zero-order valence-electron chi connectivity index (χ0n) is 16.8. The molecule has 2 atom stereocenters. The average molecular weight is 408 g/mol. The van der Waals surface area contributed by atoms with Crippen LogP contribution in [0.4, 0.5) is 8.78 Å². The summed E-state index contributed by atoms with van der Waals surface area (Å²) in [6.07, 6.45) is 3.97. The highest BCUT2D eigenvalue weighted by Gasteiger charge is 2.38. The molecule has 1 aliphatic heterocycles. The number of hydrogen-bond donors (Lipinski definition) is 2. The standard InChI is InChI=1S/C23H29F2NO2.H2O/c1-17(5-14-22(27)26-15-3-2-4-16-26)23(28,18-6-10-20(24)11-7-18)19-8-12-21(25)13-9-19;/h6-13,17,22,27-28H,2-5,14-16H2,1H3;1H2. The van der Waals surface area contributed by atoms with Crippen LogP contribution in [0.25, 0.3) is 0 Å². The van der Waals surface area contributed by atoms with Crippen LogP contribution >= 0.6 is 0 Å². The molecule has 3 rings (SSSR count). The van der Waals surface area contributed by atoms with Gasteiger partial charge in [-0.3, -0.25) is 4.90 Å². The molecule has 0 spiro atoms. The minimum Gasteiger partial charge on any atom is -0.412 e. The Labute approximate surface area is 171 Å². The van der Waals surface area contributed by atoms with Crippen LogP contribution in [0.3, 0.4) is 0 Å². The summed E-state index contributed by atoms with van der Waals surface area (Å²) in [6, 6.07) is 11.5. The second-order valence-corrected chi connectivity index (χ2v) is 7.84. The second-order valence-electron chi connectivity index (χ2n) is 7.84. The number of rotatable bonds is 7. The van der Waals surface area contributed by atoms with Crippen LogP contribution in [0.15, 0.2) is 48.5 Å². The van der Waals surface area contributed by atoms with Crippen molar-refractivity contribution in [1.82, 2.24) is 4.90 Å². The lowest BCUT2D eigenvalue weighted by molar-refractivity contribution is -0.0314. The van der Waals surface area contributed by atoms with Crippen molar-refractivity contribution in [2.24, 2.45) is 5.92 Å². The number of piperidine rings is 1. The number of aliphatic hydroxyl groups is 2. The maximum absolute atomic E-state index is 13.4. The second kappa shape index (κ2) is 10.3. The van der Waals surface area contributed by atoms with Crippen LogP contribution in [-0.2, 0) is 5.60 Å². The van der Waals surface area contributed by atoms with Crippen molar-refractivity contribution in [1.29, 1.82) is 0 Å². The molecule has 1 aliphatic rings. The highest BCUT2D eigenvalue weighted by Crippen LogP contribution is 2.39. The smallest absolute Gasteiger partial charge is 0.123 e. The van der Waals surface area contributed by atoms with Gasteiger partial charge in [-0.05, 0) is 67.0 Å². The van der Waals surface area contributed by atoms with Gasteiger partial charge < -0.3 is 15.7 Å². The summed E-state index contributed by atoms with van der Waals surface area (Å²) in [7, 11) is 0. The Morgan fingerprint density at radius 1 is 0.862 bits per heavy atom. The molecule has 4 N–H and O–H groups in total. The van der Waals surface area contributed by atoms with Gasteiger partial charge in [-0.1, -0.05) is 37.6 Å². The molecule has 4 nitrogen and oxygen atoms in total. The quantitative estimate of drug-likeness (QED) is 0.736. The Hall–Kier alpha value is -1.86. The summed E-state index contributed by atoms with van der Waals surface area (Å²) in [5, 5.41) is 22.2. The summed E-state index contributed by atoms with van der Waals surface area (Å²) in [5.41, 5.74) is -0.288. The molecule has 1 saturated heterocycles. The molecule has 160 valence electrons. The van der Waals surface area contributed by atoms with E-state index in [0.717, 1.165) is 25.9 Å². The fourth-order valence-corrected chi connectivity index (χ4v) is 4.15. The normalized spacial score (nSPS) is 17.4. The van der Waals surface area contributed by atoms with E-state index in [1.165, 1.54) is 30.7 Å². The molecule has 1 heterocycles. The Kier molecular flexibility index (Phi) is 8.28.